The molecule has 16 heavy (non-hydrogen) atoms. The summed E-state index contributed by atoms with van der Waals surface area (Å²) in [4.78, 5) is 2.48. The van der Waals surface area contributed by atoms with Crippen LogP contribution in [-0.2, 0) is 6.54 Å². The van der Waals surface area contributed by atoms with Crippen LogP contribution in [0.5, 0.6) is 0 Å². The summed E-state index contributed by atoms with van der Waals surface area (Å²) in [7, 11) is 0. The van der Waals surface area contributed by atoms with E-state index in [4.69, 9.17) is 5.73 Å². The molecule has 1 rings (SSSR count). The maximum atomic E-state index is 5.67. The maximum absolute atomic E-state index is 5.67. The molecule has 1 aromatic carbocycles. The molecule has 0 bridgehead atoms. The zero-order valence-corrected chi connectivity index (χ0v) is 10.7. The van der Waals surface area contributed by atoms with E-state index >= 15 is 0 Å². The quantitative estimate of drug-likeness (QED) is 0.746. The van der Waals surface area contributed by atoms with Crippen LogP contribution in [0.3, 0.4) is 0 Å². The van der Waals surface area contributed by atoms with Gasteiger partial charge in [-0.25, -0.2) is 0 Å². The normalized spacial score (nSPS) is 11.3. The van der Waals surface area contributed by atoms with E-state index in [9.17, 15) is 0 Å². The average molecular weight is 220 g/mol. The highest BCUT2D eigenvalue weighted by Gasteiger charge is 2.04. The second-order valence-corrected chi connectivity index (χ2v) is 4.79. The van der Waals surface area contributed by atoms with Crippen LogP contribution < -0.4 is 5.73 Å². The summed E-state index contributed by atoms with van der Waals surface area (Å²) in [6.07, 6.45) is 1.27. The van der Waals surface area contributed by atoms with Crippen LogP contribution in [0.4, 0.5) is 5.69 Å². The lowest BCUT2D eigenvalue weighted by Crippen LogP contribution is -2.24. The van der Waals surface area contributed by atoms with Crippen molar-refractivity contribution in [1.82, 2.24) is 4.90 Å². The van der Waals surface area contributed by atoms with E-state index in [1.54, 1.807) is 0 Å². The number of nitrogens with zero attached hydrogens (tertiary/aromatic N) is 1. The third-order valence-corrected chi connectivity index (χ3v) is 2.86. The Morgan fingerprint density at radius 2 is 1.81 bits per heavy atom. The van der Waals surface area contributed by atoms with E-state index in [1.165, 1.54) is 18.5 Å². The predicted octanol–water partition coefficient (Wildman–Crippen LogP) is 3.14. The second kappa shape index (κ2) is 6.54. The van der Waals surface area contributed by atoms with Gasteiger partial charge in [-0.1, -0.05) is 32.9 Å². The van der Waals surface area contributed by atoms with Crippen molar-refractivity contribution in [2.45, 2.75) is 33.7 Å². The van der Waals surface area contributed by atoms with E-state index in [0.717, 1.165) is 24.7 Å². The van der Waals surface area contributed by atoms with Gasteiger partial charge in [0, 0.05) is 12.2 Å². The summed E-state index contributed by atoms with van der Waals surface area (Å²) in [5.74, 6) is 0.778. The number of anilines is 1. The van der Waals surface area contributed by atoms with E-state index < -0.39 is 0 Å². The maximum Gasteiger partial charge on any atom is 0.0314 e. The minimum absolute atomic E-state index is 0.778. The van der Waals surface area contributed by atoms with Crippen molar-refractivity contribution >= 4 is 5.69 Å². The van der Waals surface area contributed by atoms with Gasteiger partial charge in [-0.2, -0.15) is 0 Å². The summed E-state index contributed by atoms with van der Waals surface area (Å²) in [5.41, 5.74) is 7.86. The number of nitrogen functional groups attached to an aromatic ring is 1. The molecule has 0 radical (unpaired) electrons. The second-order valence-electron chi connectivity index (χ2n) is 4.79. The van der Waals surface area contributed by atoms with Crippen LogP contribution >= 0.6 is 0 Å². The highest BCUT2D eigenvalue weighted by molar-refractivity contribution is 5.39. The van der Waals surface area contributed by atoms with Gasteiger partial charge in [0.25, 0.3) is 0 Å². The summed E-state index contributed by atoms with van der Waals surface area (Å²) >= 11 is 0. The van der Waals surface area contributed by atoms with Crippen molar-refractivity contribution in [1.29, 1.82) is 0 Å². The standard InChI is InChI=1S/C14H24N2/c1-4-16(10-9-12(2)3)11-13-5-7-14(15)8-6-13/h5-8,12H,4,9-11,15H2,1-3H3. The first-order valence-corrected chi connectivity index (χ1v) is 6.18. The SMILES string of the molecule is CCN(CCC(C)C)Cc1ccc(N)cc1. The number of hydrogen-bond acceptors (Lipinski definition) is 2. The predicted molar refractivity (Wildman–Crippen MR) is 71.3 cm³/mol. The minimum Gasteiger partial charge on any atom is -0.399 e. The van der Waals surface area contributed by atoms with Crippen molar-refractivity contribution in [3.05, 3.63) is 29.8 Å². The number of rotatable bonds is 6. The van der Waals surface area contributed by atoms with Gasteiger partial charge in [0.2, 0.25) is 0 Å². The molecule has 2 nitrogen and oxygen atoms in total. The third-order valence-electron chi connectivity index (χ3n) is 2.86. The van der Waals surface area contributed by atoms with Crippen molar-refractivity contribution in [2.24, 2.45) is 5.92 Å². The molecule has 0 spiro atoms. The first kappa shape index (κ1) is 13.0. The molecule has 0 heterocycles. The summed E-state index contributed by atoms with van der Waals surface area (Å²) < 4.78 is 0. The molecular formula is C14H24N2. The molecule has 2 N–H and O–H groups in total. The lowest BCUT2D eigenvalue weighted by atomic mass is 10.1. The molecule has 0 saturated carbocycles. The molecule has 0 unspecified atom stereocenters. The van der Waals surface area contributed by atoms with Gasteiger partial charge >= 0.3 is 0 Å². The monoisotopic (exact) mass is 220 g/mol. The highest BCUT2D eigenvalue weighted by atomic mass is 15.1. The molecule has 2 heteroatoms. The van der Waals surface area contributed by atoms with E-state index in [1.807, 2.05) is 12.1 Å². The highest BCUT2D eigenvalue weighted by Crippen LogP contribution is 2.10. The van der Waals surface area contributed by atoms with Crippen LogP contribution in [-0.4, -0.2) is 18.0 Å². The molecule has 0 aliphatic carbocycles. The minimum atomic E-state index is 0.778. The van der Waals surface area contributed by atoms with Crippen LogP contribution in [0, 0.1) is 5.92 Å². The Balaban J connectivity index is 2.46. The van der Waals surface area contributed by atoms with Crippen molar-refractivity contribution in [3.8, 4) is 0 Å². The molecule has 1 aromatic rings. The Hall–Kier alpha value is -1.02. The Bertz CT molecular complexity index is 290. The van der Waals surface area contributed by atoms with Gasteiger partial charge in [-0.05, 0) is 43.1 Å². The number of nitrogens with two attached hydrogens (primary N) is 1. The molecular weight excluding hydrogens is 196 g/mol. The van der Waals surface area contributed by atoms with Gasteiger partial charge in [0.1, 0.15) is 0 Å². The molecule has 0 aliphatic rings. The Morgan fingerprint density at radius 1 is 1.19 bits per heavy atom. The zero-order valence-electron chi connectivity index (χ0n) is 10.7. The fourth-order valence-corrected chi connectivity index (χ4v) is 1.67. The van der Waals surface area contributed by atoms with Gasteiger partial charge in [-0.15, -0.1) is 0 Å². The van der Waals surface area contributed by atoms with Crippen LogP contribution in [0.1, 0.15) is 32.8 Å². The number of hydrogen-bond donors (Lipinski definition) is 1. The molecule has 0 saturated heterocycles. The molecule has 0 atom stereocenters. The fraction of sp³-hybridized carbons (Fsp3) is 0.571. The molecule has 90 valence electrons. The summed E-state index contributed by atoms with van der Waals surface area (Å²) in [6.45, 7) is 10.1. The van der Waals surface area contributed by atoms with Crippen LogP contribution in [0.25, 0.3) is 0 Å². The van der Waals surface area contributed by atoms with Crippen molar-refractivity contribution < 1.29 is 0 Å². The summed E-state index contributed by atoms with van der Waals surface area (Å²) in [5, 5.41) is 0. The Kier molecular flexibility index (Phi) is 5.33. The number of benzene rings is 1. The largest absolute Gasteiger partial charge is 0.399 e. The van der Waals surface area contributed by atoms with Gasteiger partial charge in [0.15, 0.2) is 0 Å². The van der Waals surface area contributed by atoms with Gasteiger partial charge in [-0.3, -0.25) is 4.90 Å². The Morgan fingerprint density at radius 3 is 2.31 bits per heavy atom. The van der Waals surface area contributed by atoms with E-state index in [-0.39, 0.29) is 0 Å². The third kappa shape index (κ3) is 4.67. The van der Waals surface area contributed by atoms with Crippen LogP contribution in [0.2, 0.25) is 0 Å². The van der Waals surface area contributed by atoms with Crippen molar-refractivity contribution in [2.75, 3.05) is 18.8 Å². The topological polar surface area (TPSA) is 29.3 Å². The first-order chi connectivity index (χ1) is 7.61. The fourth-order valence-electron chi connectivity index (χ4n) is 1.67. The average Bonchev–Trinajstić information content (AvgIpc) is 2.26. The van der Waals surface area contributed by atoms with E-state index in [0.29, 0.717) is 0 Å². The molecule has 0 fully saturated rings. The molecule has 0 aliphatic heterocycles. The molecule has 0 amide bonds. The zero-order chi connectivity index (χ0) is 12.0. The Labute approximate surface area is 99.5 Å². The van der Waals surface area contributed by atoms with E-state index in [2.05, 4.69) is 37.8 Å². The lowest BCUT2D eigenvalue weighted by molar-refractivity contribution is 0.262. The summed E-state index contributed by atoms with van der Waals surface area (Å²) in [6, 6.07) is 8.19. The smallest absolute Gasteiger partial charge is 0.0314 e. The van der Waals surface area contributed by atoms with Crippen molar-refractivity contribution in [3.63, 3.8) is 0 Å². The van der Waals surface area contributed by atoms with Crippen LogP contribution in [0.15, 0.2) is 24.3 Å². The first-order valence-electron chi connectivity index (χ1n) is 6.18. The lowest BCUT2D eigenvalue weighted by Gasteiger charge is -2.21. The van der Waals surface area contributed by atoms with Gasteiger partial charge < -0.3 is 5.73 Å². The molecule has 0 aromatic heterocycles. The van der Waals surface area contributed by atoms with Gasteiger partial charge in [0.05, 0.1) is 0 Å².